The largest absolute Gasteiger partial charge is 0.339 e. The Balaban J connectivity index is 2.40. The molecule has 0 aromatic carbocycles. The lowest BCUT2D eigenvalue weighted by molar-refractivity contribution is 0.367. The van der Waals surface area contributed by atoms with Gasteiger partial charge in [-0.1, -0.05) is 38.8 Å². The summed E-state index contributed by atoms with van der Waals surface area (Å²) >= 11 is 0. The fraction of sp³-hybridized carbons (Fsp3) is 0.800. The molecule has 0 fully saturated rings. The number of aromatic nitrogens is 2. The molecule has 0 bridgehead atoms. The molecule has 0 radical (unpaired) electrons. The van der Waals surface area contributed by atoms with Crippen LogP contribution in [0.4, 0.5) is 0 Å². The fourth-order valence-electron chi connectivity index (χ4n) is 1.13. The highest BCUT2D eigenvalue weighted by atomic mass is 16.5. The van der Waals surface area contributed by atoms with Crippen molar-refractivity contribution >= 4 is 0 Å². The molecule has 0 aliphatic heterocycles. The molecule has 0 unspecified atom stereocenters. The molecule has 1 rings (SSSR count). The van der Waals surface area contributed by atoms with Crippen LogP contribution in [0.3, 0.4) is 0 Å². The Morgan fingerprint density at radius 1 is 1.31 bits per heavy atom. The molecule has 1 heterocycles. The van der Waals surface area contributed by atoms with Crippen LogP contribution in [-0.4, -0.2) is 10.1 Å². The van der Waals surface area contributed by atoms with Crippen molar-refractivity contribution in [2.24, 2.45) is 0 Å². The van der Waals surface area contributed by atoms with E-state index in [1.807, 2.05) is 0 Å². The molecular formula is C10H18N2O. The zero-order valence-electron chi connectivity index (χ0n) is 8.71. The number of aryl methyl sites for hydroxylation is 1. The molecule has 0 aliphatic carbocycles. The molecule has 0 saturated heterocycles. The summed E-state index contributed by atoms with van der Waals surface area (Å²) in [6.45, 7) is 6.33. The van der Waals surface area contributed by atoms with E-state index >= 15 is 0 Å². The van der Waals surface area contributed by atoms with Gasteiger partial charge in [-0.25, -0.2) is 0 Å². The van der Waals surface area contributed by atoms with Gasteiger partial charge in [-0.3, -0.25) is 0 Å². The lowest BCUT2D eigenvalue weighted by Gasteiger charge is -1.93. The van der Waals surface area contributed by atoms with Crippen molar-refractivity contribution in [1.82, 2.24) is 10.1 Å². The molecule has 3 nitrogen and oxygen atoms in total. The van der Waals surface area contributed by atoms with E-state index in [2.05, 4.69) is 30.9 Å². The van der Waals surface area contributed by atoms with Crippen LogP contribution in [0, 0.1) is 0 Å². The van der Waals surface area contributed by atoms with E-state index in [4.69, 9.17) is 4.52 Å². The first kappa shape index (κ1) is 10.2. The first-order valence-electron chi connectivity index (χ1n) is 5.06. The maximum absolute atomic E-state index is 5.11. The number of hydrogen-bond donors (Lipinski definition) is 0. The first-order chi connectivity index (χ1) is 6.24. The van der Waals surface area contributed by atoms with E-state index in [0.29, 0.717) is 5.92 Å². The average Bonchev–Trinajstić information content (AvgIpc) is 2.53. The second kappa shape index (κ2) is 5.00. The molecule has 0 amide bonds. The van der Waals surface area contributed by atoms with Gasteiger partial charge in [-0.2, -0.15) is 4.98 Å². The topological polar surface area (TPSA) is 38.9 Å². The van der Waals surface area contributed by atoms with E-state index in [0.717, 1.165) is 24.6 Å². The monoisotopic (exact) mass is 182 g/mol. The van der Waals surface area contributed by atoms with Crippen molar-refractivity contribution in [1.29, 1.82) is 0 Å². The predicted molar refractivity (Wildman–Crippen MR) is 51.6 cm³/mol. The van der Waals surface area contributed by atoms with Gasteiger partial charge in [0.25, 0.3) is 0 Å². The van der Waals surface area contributed by atoms with Gasteiger partial charge in [-0.05, 0) is 6.42 Å². The normalized spacial score (nSPS) is 11.1. The summed E-state index contributed by atoms with van der Waals surface area (Å²) in [6.07, 6.45) is 4.54. The molecule has 0 atom stereocenters. The van der Waals surface area contributed by atoms with Gasteiger partial charge in [0, 0.05) is 12.3 Å². The van der Waals surface area contributed by atoms with Crippen LogP contribution in [0.15, 0.2) is 4.52 Å². The Bertz CT molecular complexity index is 243. The van der Waals surface area contributed by atoms with E-state index in [1.54, 1.807) is 0 Å². The Morgan fingerprint density at radius 3 is 2.62 bits per heavy atom. The zero-order chi connectivity index (χ0) is 9.68. The van der Waals surface area contributed by atoms with Gasteiger partial charge < -0.3 is 4.52 Å². The minimum atomic E-state index is 0.365. The summed E-state index contributed by atoms with van der Waals surface area (Å²) in [6, 6.07) is 0. The van der Waals surface area contributed by atoms with Gasteiger partial charge >= 0.3 is 0 Å². The zero-order valence-corrected chi connectivity index (χ0v) is 8.71. The number of rotatable bonds is 5. The van der Waals surface area contributed by atoms with E-state index in [1.165, 1.54) is 12.8 Å². The molecule has 74 valence electrons. The minimum Gasteiger partial charge on any atom is -0.339 e. The SMILES string of the molecule is CCCCCc1nc(C(C)C)no1. The van der Waals surface area contributed by atoms with Crippen molar-refractivity contribution in [3.05, 3.63) is 11.7 Å². The van der Waals surface area contributed by atoms with Crippen LogP contribution in [0.25, 0.3) is 0 Å². The molecule has 0 aliphatic rings. The second-order valence-corrected chi connectivity index (χ2v) is 3.66. The molecular weight excluding hydrogens is 164 g/mol. The highest BCUT2D eigenvalue weighted by Gasteiger charge is 2.08. The van der Waals surface area contributed by atoms with Crippen LogP contribution in [-0.2, 0) is 6.42 Å². The predicted octanol–water partition coefficient (Wildman–Crippen LogP) is 2.93. The highest BCUT2D eigenvalue weighted by molar-refractivity contribution is 4.91. The lowest BCUT2D eigenvalue weighted by Crippen LogP contribution is -1.91. The third kappa shape index (κ3) is 3.17. The Morgan fingerprint density at radius 2 is 2.08 bits per heavy atom. The fourth-order valence-corrected chi connectivity index (χ4v) is 1.13. The Hall–Kier alpha value is -0.860. The van der Waals surface area contributed by atoms with Crippen LogP contribution < -0.4 is 0 Å². The summed E-state index contributed by atoms with van der Waals surface area (Å²) in [5.41, 5.74) is 0. The van der Waals surface area contributed by atoms with Gasteiger partial charge in [0.05, 0.1) is 0 Å². The number of nitrogens with zero attached hydrogens (tertiary/aromatic N) is 2. The summed E-state index contributed by atoms with van der Waals surface area (Å²) in [4.78, 5) is 4.30. The minimum absolute atomic E-state index is 0.365. The van der Waals surface area contributed by atoms with Crippen molar-refractivity contribution < 1.29 is 4.52 Å². The molecule has 1 aromatic rings. The van der Waals surface area contributed by atoms with Crippen molar-refractivity contribution in [2.75, 3.05) is 0 Å². The standard InChI is InChI=1S/C10H18N2O/c1-4-5-6-7-9-11-10(8(2)3)12-13-9/h8H,4-7H2,1-3H3. The van der Waals surface area contributed by atoms with Crippen LogP contribution in [0.1, 0.15) is 57.7 Å². The Labute approximate surface area is 79.5 Å². The van der Waals surface area contributed by atoms with Crippen LogP contribution >= 0.6 is 0 Å². The molecule has 13 heavy (non-hydrogen) atoms. The summed E-state index contributed by atoms with van der Waals surface area (Å²) in [5, 5.41) is 3.91. The molecule has 0 spiro atoms. The third-order valence-electron chi connectivity index (χ3n) is 1.99. The lowest BCUT2D eigenvalue weighted by atomic mass is 10.2. The maximum atomic E-state index is 5.11. The maximum Gasteiger partial charge on any atom is 0.226 e. The molecule has 1 aromatic heterocycles. The number of unbranched alkanes of at least 4 members (excludes halogenated alkanes) is 2. The van der Waals surface area contributed by atoms with E-state index < -0.39 is 0 Å². The second-order valence-electron chi connectivity index (χ2n) is 3.66. The smallest absolute Gasteiger partial charge is 0.226 e. The van der Waals surface area contributed by atoms with Gasteiger partial charge in [0.1, 0.15) is 0 Å². The van der Waals surface area contributed by atoms with Crippen LogP contribution in [0.5, 0.6) is 0 Å². The van der Waals surface area contributed by atoms with Gasteiger partial charge in [0.15, 0.2) is 5.82 Å². The van der Waals surface area contributed by atoms with Crippen molar-refractivity contribution in [3.8, 4) is 0 Å². The summed E-state index contributed by atoms with van der Waals surface area (Å²) in [7, 11) is 0. The first-order valence-corrected chi connectivity index (χ1v) is 5.06. The molecule has 3 heteroatoms. The van der Waals surface area contributed by atoms with Crippen LogP contribution in [0.2, 0.25) is 0 Å². The average molecular weight is 182 g/mol. The Kier molecular flexibility index (Phi) is 3.93. The molecule has 0 N–H and O–H groups in total. The quantitative estimate of drug-likeness (QED) is 0.657. The molecule has 0 saturated carbocycles. The van der Waals surface area contributed by atoms with Gasteiger partial charge in [-0.15, -0.1) is 0 Å². The number of hydrogen-bond acceptors (Lipinski definition) is 3. The third-order valence-corrected chi connectivity index (χ3v) is 1.99. The van der Waals surface area contributed by atoms with Crippen molar-refractivity contribution in [2.45, 2.75) is 52.4 Å². The van der Waals surface area contributed by atoms with Crippen molar-refractivity contribution in [3.63, 3.8) is 0 Å². The summed E-state index contributed by atoms with van der Waals surface area (Å²) in [5.74, 6) is 1.98. The van der Waals surface area contributed by atoms with Gasteiger partial charge in [0.2, 0.25) is 5.89 Å². The highest BCUT2D eigenvalue weighted by Crippen LogP contribution is 2.11. The van der Waals surface area contributed by atoms with E-state index in [9.17, 15) is 0 Å². The summed E-state index contributed by atoms with van der Waals surface area (Å²) < 4.78 is 5.11. The van der Waals surface area contributed by atoms with E-state index in [-0.39, 0.29) is 0 Å².